The first kappa shape index (κ1) is 18.0. The Morgan fingerprint density at radius 1 is 1.08 bits per heavy atom. The minimum Gasteiger partial charge on any atom is -0.473 e. The molecule has 0 aromatic heterocycles. The van der Waals surface area contributed by atoms with Crippen LogP contribution in [0.4, 0.5) is 0 Å². The minimum atomic E-state index is -1.08. The second kappa shape index (κ2) is 8.52. The standard InChI is InChI=1S/C19H24O5/c1-4-7-10-14-13-11-8-9-12-15(13)24-17(19(21)23-6-3)16(14)18(20)22-5-2/h8-9,11-12,17H,4-7,10H2,1-3H3/t17-/m0/s1. The van der Waals surface area contributed by atoms with Gasteiger partial charge in [0.15, 0.2) is 0 Å². The monoisotopic (exact) mass is 332 g/mol. The van der Waals surface area contributed by atoms with E-state index in [-0.39, 0.29) is 18.8 Å². The predicted molar refractivity (Wildman–Crippen MR) is 90.6 cm³/mol. The third-order valence-corrected chi connectivity index (χ3v) is 3.82. The van der Waals surface area contributed by atoms with Crippen molar-refractivity contribution in [3.05, 3.63) is 35.4 Å². The maximum atomic E-state index is 12.5. The van der Waals surface area contributed by atoms with Crippen molar-refractivity contribution in [1.29, 1.82) is 0 Å². The van der Waals surface area contributed by atoms with Gasteiger partial charge in [0.1, 0.15) is 5.75 Å². The van der Waals surface area contributed by atoms with E-state index in [1.54, 1.807) is 19.9 Å². The highest BCUT2D eigenvalue weighted by Crippen LogP contribution is 2.39. The molecule has 0 aliphatic carbocycles. The number of para-hydroxylation sites is 1. The number of unbranched alkanes of at least 4 members (excludes halogenated alkanes) is 1. The fourth-order valence-corrected chi connectivity index (χ4v) is 2.75. The van der Waals surface area contributed by atoms with Crippen LogP contribution in [0.5, 0.6) is 5.75 Å². The molecule has 2 rings (SSSR count). The molecule has 0 spiro atoms. The molecule has 130 valence electrons. The van der Waals surface area contributed by atoms with Crippen molar-refractivity contribution in [1.82, 2.24) is 0 Å². The summed E-state index contributed by atoms with van der Waals surface area (Å²) >= 11 is 0. The summed E-state index contributed by atoms with van der Waals surface area (Å²) < 4.78 is 16.1. The van der Waals surface area contributed by atoms with Gasteiger partial charge in [-0.3, -0.25) is 0 Å². The summed E-state index contributed by atoms with van der Waals surface area (Å²) in [6, 6.07) is 7.44. The molecule has 0 radical (unpaired) electrons. The summed E-state index contributed by atoms with van der Waals surface area (Å²) in [5.74, 6) is -0.491. The van der Waals surface area contributed by atoms with Gasteiger partial charge < -0.3 is 14.2 Å². The van der Waals surface area contributed by atoms with Crippen LogP contribution < -0.4 is 4.74 Å². The molecule has 0 unspecified atom stereocenters. The highest BCUT2D eigenvalue weighted by molar-refractivity contribution is 6.05. The number of hydrogen-bond acceptors (Lipinski definition) is 5. The first-order chi connectivity index (χ1) is 11.6. The number of ether oxygens (including phenoxy) is 3. The van der Waals surface area contributed by atoms with Crippen LogP contribution in [-0.4, -0.2) is 31.3 Å². The molecule has 1 aliphatic rings. The molecule has 1 atom stereocenters. The van der Waals surface area contributed by atoms with Crippen LogP contribution in [0.2, 0.25) is 0 Å². The highest BCUT2D eigenvalue weighted by Gasteiger charge is 2.39. The van der Waals surface area contributed by atoms with Crippen molar-refractivity contribution in [3.63, 3.8) is 0 Å². The largest absolute Gasteiger partial charge is 0.473 e. The highest BCUT2D eigenvalue weighted by atomic mass is 16.6. The second-order valence-electron chi connectivity index (χ2n) is 5.46. The molecular weight excluding hydrogens is 308 g/mol. The number of benzene rings is 1. The Balaban J connectivity index is 2.56. The minimum absolute atomic E-state index is 0.223. The SMILES string of the molecule is CCCCC1=C(C(=O)OCC)[C@@H](C(=O)OCC)Oc2ccccc21. The number of allylic oxidation sites excluding steroid dienone is 1. The van der Waals surface area contributed by atoms with Gasteiger partial charge in [0, 0.05) is 5.56 Å². The third kappa shape index (κ3) is 3.78. The molecule has 1 heterocycles. The van der Waals surface area contributed by atoms with Gasteiger partial charge in [0.25, 0.3) is 0 Å². The quantitative estimate of drug-likeness (QED) is 0.715. The van der Waals surface area contributed by atoms with Crippen molar-refractivity contribution in [3.8, 4) is 5.75 Å². The lowest BCUT2D eigenvalue weighted by atomic mass is 9.89. The fourth-order valence-electron chi connectivity index (χ4n) is 2.75. The van der Waals surface area contributed by atoms with E-state index in [4.69, 9.17) is 14.2 Å². The summed E-state index contributed by atoms with van der Waals surface area (Å²) in [7, 11) is 0. The number of rotatable bonds is 7. The van der Waals surface area contributed by atoms with E-state index in [9.17, 15) is 9.59 Å². The van der Waals surface area contributed by atoms with Gasteiger partial charge in [-0.15, -0.1) is 0 Å². The molecule has 1 aromatic rings. The molecule has 5 heteroatoms. The van der Waals surface area contributed by atoms with Crippen LogP contribution in [0.25, 0.3) is 5.57 Å². The summed E-state index contributed by atoms with van der Waals surface area (Å²) in [5, 5.41) is 0. The van der Waals surface area contributed by atoms with Crippen molar-refractivity contribution < 1.29 is 23.8 Å². The topological polar surface area (TPSA) is 61.8 Å². The zero-order valence-corrected chi connectivity index (χ0v) is 14.5. The van der Waals surface area contributed by atoms with Gasteiger partial charge in [0.2, 0.25) is 6.10 Å². The van der Waals surface area contributed by atoms with Gasteiger partial charge in [-0.2, -0.15) is 0 Å². The Bertz CT molecular complexity index is 632. The van der Waals surface area contributed by atoms with E-state index in [1.165, 1.54) is 0 Å². The molecule has 0 fully saturated rings. The van der Waals surface area contributed by atoms with E-state index in [1.807, 2.05) is 18.2 Å². The van der Waals surface area contributed by atoms with Crippen molar-refractivity contribution in [2.24, 2.45) is 0 Å². The van der Waals surface area contributed by atoms with Crippen molar-refractivity contribution in [2.45, 2.75) is 46.1 Å². The van der Waals surface area contributed by atoms with E-state index < -0.39 is 18.0 Å². The molecule has 0 bridgehead atoms. The van der Waals surface area contributed by atoms with Gasteiger partial charge in [-0.05, 0) is 38.3 Å². The Hall–Kier alpha value is -2.30. The van der Waals surface area contributed by atoms with Crippen LogP contribution >= 0.6 is 0 Å². The summed E-state index contributed by atoms with van der Waals surface area (Å²) in [6.07, 6.45) is 1.49. The zero-order chi connectivity index (χ0) is 17.5. The van der Waals surface area contributed by atoms with Crippen LogP contribution in [0.1, 0.15) is 45.6 Å². The lowest BCUT2D eigenvalue weighted by Crippen LogP contribution is -2.38. The number of fused-ring (bicyclic) bond motifs is 1. The van der Waals surface area contributed by atoms with Gasteiger partial charge >= 0.3 is 11.9 Å². The molecule has 24 heavy (non-hydrogen) atoms. The average molecular weight is 332 g/mol. The molecule has 0 saturated carbocycles. The fraction of sp³-hybridized carbons (Fsp3) is 0.474. The van der Waals surface area contributed by atoms with Crippen LogP contribution in [-0.2, 0) is 19.1 Å². The summed E-state index contributed by atoms with van der Waals surface area (Å²) in [6.45, 7) is 6.00. The van der Waals surface area contributed by atoms with E-state index >= 15 is 0 Å². The smallest absolute Gasteiger partial charge is 0.352 e. The Labute approximate surface area is 142 Å². The van der Waals surface area contributed by atoms with Gasteiger partial charge in [-0.25, -0.2) is 9.59 Å². The van der Waals surface area contributed by atoms with E-state index in [0.717, 1.165) is 24.0 Å². The molecule has 1 aliphatic heterocycles. The second-order valence-corrected chi connectivity index (χ2v) is 5.46. The third-order valence-electron chi connectivity index (χ3n) is 3.82. The van der Waals surface area contributed by atoms with Crippen molar-refractivity contribution in [2.75, 3.05) is 13.2 Å². The van der Waals surface area contributed by atoms with Crippen LogP contribution in [0.15, 0.2) is 29.8 Å². The molecule has 1 aromatic carbocycles. The maximum Gasteiger partial charge on any atom is 0.352 e. The normalized spacial score (nSPS) is 16.2. The van der Waals surface area contributed by atoms with Gasteiger partial charge in [-0.1, -0.05) is 31.5 Å². The summed E-state index contributed by atoms with van der Waals surface area (Å²) in [5.41, 5.74) is 1.92. The maximum absolute atomic E-state index is 12.5. The molecule has 0 N–H and O–H groups in total. The molecule has 0 saturated heterocycles. The van der Waals surface area contributed by atoms with Crippen molar-refractivity contribution >= 4 is 17.5 Å². The molecule has 0 amide bonds. The van der Waals surface area contributed by atoms with E-state index in [0.29, 0.717) is 12.2 Å². The van der Waals surface area contributed by atoms with E-state index in [2.05, 4.69) is 6.92 Å². The lowest BCUT2D eigenvalue weighted by molar-refractivity contribution is -0.153. The zero-order valence-electron chi connectivity index (χ0n) is 14.5. The number of carbonyl (C=O) groups excluding carboxylic acids is 2. The lowest BCUT2D eigenvalue weighted by Gasteiger charge is -2.29. The Kier molecular flexibility index (Phi) is 6.41. The number of esters is 2. The Morgan fingerprint density at radius 3 is 2.46 bits per heavy atom. The van der Waals surface area contributed by atoms with Gasteiger partial charge in [0.05, 0.1) is 18.8 Å². The first-order valence-electron chi connectivity index (χ1n) is 8.46. The molecular formula is C19H24O5. The molecule has 5 nitrogen and oxygen atoms in total. The van der Waals surface area contributed by atoms with Crippen LogP contribution in [0, 0.1) is 0 Å². The average Bonchev–Trinajstić information content (AvgIpc) is 2.59. The number of hydrogen-bond donors (Lipinski definition) is 0. The number of carbonyl (C=O) groups is 2. The summed E-state index contributed by atoms with van der Waals surface area (Å²) in [4.78, 5) is 24.9. The van der Waals surface area contributed by atoms with Crippen LogP contribution in [0.3, 0.4) is 0 Å². The Morgan fingerprint density at radius 2 is 1.79 bits per heavy atom. The first-order valence-corrected chi connectivity index (χ1v) is 8.46. The predicted octanol–water partition coefficient (Wildman–Crippen LogP) is 3.52.